The highest BCUT2D eigenvalue weighted by atomic mass is 19.1. The Balaban J connectivity index is 1.89. The van der Waals surface area contributed by atoms with E-state index in [9.17, 15) is 13.6 Å². The van der Waals surface area contributed by atoms with Crippen molar-refractivity contribution in [1.29, 1.82) is 0 Å². The summed E-state index contributed by atoms with van der Waals surface area (Å²) in [6.45, 7) is 1.56. The van der Waals surface area contributed by atoms with E-state index in [0.717, 1.165) is 13.0 Å². The Labute approximate surface area is 145 Å². The van der Waals surface area contributed by atoms with Crippen molar-refractivity contribution in [3.8, 4) is 11.1 Å². The first kappa shape index (κ1) is 17.4. The number of benzene rings is 2. The molecule has 4 nitrogen and oxygen atoms in total. The molecule has 6 heteroatoms. The predicted octanol–water partition coefficient (Wildman–Crippen LogP) is 3.91. The molecule has 132 valence electrons. The third-order valence-corrected chi connectivity index (χ3v) is 4.37. The molecule has 0 N–H and O–H groups in total. The van der Waals surface area contributed by atoms with Gasteiger partial charge in [0.25, 0.3) is 0 Å². The molecule has 0 aromatic heterocycles. The van der Waals surface area contributed by atoms with Gasteiger partial charge in [0.05, 0.1) is 5.69 Å². The van der Waals surface area contributed by atoms with Gasteiger partial charge in [-0.05, 0) is 37.7 Å². The molecule has 1 aliphatic heterocycles. The Morgan fingerprint density at radius 1 is 1.20 bits per heavy atom. The molecule has 1 heterocycles. The number of anilines is 1. The van der Waals surface area contributed by atoms with Gasteiger partial charge in [0.1, 0.15) is 17.7 Å². The highest BCUT2D eigenvalue weighted by Crippen LogP contribution is 2.33. The summed E-state index contributed by atoms with van der Waals surface area (Å²) < 4.78 is 33.4. The molecule has 2 aromatic carbocycles. The van der Waals surface area contributed by atoms with E-state index in [2.05, 4.69) is 4.90 Å². The minimum absolute atomic E-state index is 0.169. The van der Waals surface area contributed by atoms with Crippen LogP contribution in [0.4, 0.5) is 19.3 Å². The first-order valence-electron chi connectivity index (χ1n) is 8.13. The van der Waals surface area contributed by atoms with E-state index >= 15 is 0 Å². The quantitative estimate of drug-likeness (QED) is 0.845. The van der Waals surface area contributed by atoms with Crippen molar-refractivity contribution >= 4 is 11.8 Å². The molecule has 1 fully saturated rings. The summed E-state index contributed by atoms with van der Waals surface area (Å²) in [4.78, 5) is 15.8. The number of hydrogen-bond acceptors (Lipinski definition) is 3. The minimum Gasteiger partial charge on any atom is -0.444 e. The predicted molar refractivity (Wildman–Crippen MR) is 92.6 cm³/mol. The fraction of sp³-hybridized carbons (Fsp3) is 0.316. The van der Waals surface area contributed by atoms with Crippen LogP contribution >= 0.6 is 0 Å². The molecule has 1 saturated heterocycles. The molecular formula is C19H20F2N2O2. The molecule has 2 aromatic rings. The second-order valence-electron chi connectivity index (χ2n) is 6.26. The van der Waals surface area contributed by atoms with Gasteiger partial charge in [-0.3, -0.25) is 4.90 Å². The van der Waals surface area contributed by atoms with Crippen LogP contribution < -0.4 is 4.90 Å². The van der Waals surface area contributed by atoms with Crippen molar-refractivity contribution in [3.05, 3.63) is 54.1 Å². The lowest BCUT2D eigenvalue weighted by Gasteiger charge is -2.23. The second kappa shape index (κ2) is 7.19. The Bertz CT molecular complexity index is 782. The Hall–Kier alpha value is -2.47. The highest BCUT2D eigenvalue weighted by Gasteiger charge is 2.26. The average Bonchev–Trinajstić information content (AvgIpc) is 2.99. The van der Waals surface area contributed by atoms with Crippen molar-refractivity contribution in [2.75, 3.05) is 32.1 Å². The van der Waals surface area contributed by atoms with Gasteiger partial charge in [0, 0.05) is 31.3 Å². The van der Waals surface area contributed by atoms with Crippen LogP contribution in [0.1, 0.15) is 6.42 Å². The SMILES string of the molecule is CN1CC[C@@H](OC(=O)N(C)c2ccc(F)cc2-c2ccccc2F)C1. The Morgan fingerprint density at radius 3 is 2.64 bits per heavy atom. The van der Waals surface area contributed by atoms with E-state index in [1.807, 2.05) is 7.05 Å². The van der Waals surface area contributed by atoms with E-state index in [-0.39, 0.29) is 11.7 Å². The average molecular weight is 346 g/mol. The van der Waals surface area contributed by atoms with Crippen LogP contribution in [-0.4, -0.2) is 44.3 Å². The molecule has 0 saturated carbocycles. The van der Waals surface area contributed by atoms with Gasteiger partial charge in [-0.1, -0.05) is 18.2 Å². The third kappa shape index (κ3) is 3.79. The smallest absolute Gasteiger partial charge is 0.414 e. The van der Waals surface area contributed by atoms with Crippen molar-refractivity contribution in [2.24, 2.45) is 0 Å². The third-order valence-electron chi connectivity index (χ3n) is 4.37. The van der Waals surface area contributed by atoms with Gasteiger partial charge in [-0.25, -0.2) is 13.6 Å². The van der Waals surface area contributed by atoms with Gasteiger partial charge in [-0.2, -0.15) is 0 Å². The lowest BCUT2D eigenvalue weighted by atomic mass is 10.0. The summed E-state index contributed by atoms with van der Waals surface area (Å²) >= 11 is 0. The van der Waals surface area contributed by atoms with E-state index < -0.39 is 17.7 Å². The molecule has 1 aliphatic rings. The van der Waals surface area contributed by atoms with Gasteiger partial charge < -0.3 is 9.64 Å². The molecule has 0 aliphatic carbocycles. The monoisotopic (exact) mass is 346 g/mol. The van der Waals surface area contributed by atoms with Crippen molar-refractivity contribution in [3.63, 3.8) is 0 Å². The lowest BCUT2D eigenvalue weighted by Crippen LogP contribution is -2.32. The van der Waals surface area contributed by atoms with E-state index in [1.54, 1.807) is 25.2 Å². The molecule has 25 heavy (non-hydrogen) atoms. The standard InChI is InChI=1S/C19H20F2N2O2/c1-22-10-9-14(12-22)25-19(24)23(2)18-8-7-13(20)11-16(18)15-5-3-4-6-17(15)21/h3-8,11,14H,9-10,12H2,1-2H3/t14-/m1/s1. The molecule has 0 bridgehead atoms. The molecule has 1 atom stereocenters. The zero-order chi connectivity index (χ0) is 18.0. The fourth-order valence-electron chi connectivity index (χ4n) is 3.01. The minimum atomic E-state index is -0.538. The Morgan fingerprint density at radius 2 is 1.96 bits per heavy atom. The summed E-state index contributed by atoms with van der Waals surface area (Å²) in [6, 6.07) is 10.0. The maximum atomic E-state index is 14.2. The van der Waals surface area contributed by atoms with Crippen LogP contribution in [0.2, 0.25) is 0 Å². The maximum Gasteiger partial charge on any atom is 0.414 e. The van der Waals surface area contributed by atoms with Crippen LogP contribution in [-0.2, 0) is 4.74 Å². The van der Waals surface area contributed by atoms with Gasteiger partial charge >= 0.3 is 6.09 Å². The van der Waals surface area contributed by atoms with Crippen LogP contribution in [0.25, 0.3) is 11.1 Å². The molecule has 0 spiro atoms. The van der Waals surface area contributed by atoms with Crippen LogP contribution in [0.3, 0.4) is 0 Å². The summed E-state index contributed by atoms with van der Waals surface area (Å²) in [5, 5.41) is 0. The number of carbonyl (C=O) groups excluding carboxylic acids is 1. The van der Waals surface area contributed by atoms with Gasteiger partial charge in [0.2, 0.25) is 0 Å². The molecule has 0 unspecified atom stereocenters. The molecule has 3 rings (SSSR count). The largest absolute Gasteiger partial charge is 0.444 e. The number of hydrogen-bond donors (Lipinski definition) is 0. The topological polar surface area (TPSA) is 32.8 Å². The summed E-state index contributed by atoms with van der Waals surface area (Å²) in [5.74, 6) is -0.977. The van der Waals surface area contributed by atoms with E-state index in [1.165, 1.54) is 29.2 Å². The number of amides is 1. The molecule has 0 radical (unpaired) electrons. The zero-order valence-electron chi connectivity index (χ0n) is 14.2. The maximum absolute atomic E-state index is 14.2. The lowest BCUT2D eigenvalue weighted by molar-refractivity contribution is 0.110. The van der Waals surface area contributed by atoms with Crippen molar-refractivity contribution < 1.29 is 18.3 Å². The van der Waals surface area contributed by atoms with Crippen LogP contribution in [0, 0.1) is 11.6 Å². The van der Waals surface area contributed by atoms with E-state index in [0.29, 0.717) is 17.8 Å². The van der Waals surface area contributed by atoms with Gasteiger partial charge in [0.15, 0.2) is 0 Å². The van der Waals surface area contributed by atoms with Crippen LogP contribution in [0.5, 0.6) is 0 Å². The Kier molecular flexibility index (Phi) is 4.99. The summed E-state index contributed by atoms with van der Waals surface area (Å²) in [7, 11) is 3.51. The zero-order valence-corrected chi connectivity index (χ0v) is 14.2. The molecule has 1 amide bonds. The number of likely N-dealkylation sites (tertiary alicyclic amines) is 1. The number of likely N-dealkylation sites (N-methyl/N-ethyl adjacent to an activating group) is 1. The highest BCUT2D eigenvalue weighted by molar-refractivity contribution is 5.93. The van der Waals surface area contributed by atoms with Gasteiger partial charge in [-0.15, -0.1) is 0 Å². The molecular weight excluding hydrogens is 326 g/mol. The summed E-state index contributed by atoms with van der Waals surface area (Å²) in [6.07, 6.45) is 0.0708. The number of nitrogens with zero attached hydrogens (tertiary/aromatic N) is 2. The number of ether oxygens (including phenoxy) is 1. The van der Waals surface area contributed by atoms with Crippen molar-refractivity contribution in [1.82, 2.24) is 4.90 Å². The number of halogens is 2. The van der Waals surface area contributed by atoms with Crippen LogP contribution in [0.15, 0.2) is 42.5 Å². The summed E-state index contributed by atoms with van der Waals surface area (Å²) in [5.41, 5.74) is 0.932. The normalized spacial score (nSPS) is 17.5. The second-order valence-corrected chi connectivity index (χ2v) is 6.26. The van der Waals surface area contributed by atoms with E-state index in [4.69, 9.17) is 4.74 Å². The van der Waals surface area contributed by atoms with Crippen molar-refractivity contribution in [2.45, 2.75) is 12.5 Å². The first-order valence-corrected chi connectivity index (χ1v) is 8.13. The number of carbonyl (C=O) groups is 1. The number of rotatable bonds is 3. The fourth-order valence-corrected chi connectivity index (χ4v) is 3.01. The first-order chi connectivity index (χ1) is 12.0.